The van der Waals surface area contributed by atoms with Gasteiger partial charge in [0.25, 0.3) is 0 Å². The van der Waals surface area contributed by atoms with Crippen LogP contribution >= 0.6 is 0 Å². The van der Waals surface area contributed by atoms with E-state index in [2.05, 4.69) is 4.98 Å². The van der Waals surface area contributed by atoms with Gasteiger partial charge in [-0.3, -0.25) is 9.78 Å². The van der Waals surface area contributed by atoms with Gasteiger partial charge >= 0.3 is 0 Å². The highest BCUT2D eigenvalue weighted by atomic mass is 19.1. The number of halogens is 1. The van der Waals surface area contributed by atoms with Crippen molar-refractivity contribution in [3.8, 4) is 11.1 Å². The maximum atomic E-state index is 14.0. The molecule has 0 spiro atoms. The first-order valence-corrected chi connectivity index (χ1v) is 6.19. The first-order valence-electron chi connectivity index (χ1n) is 6.19. The molecule has 0 fully saturated rings. The number of ketones is 1. The third-order valence-corrected chi connectivity index (χ3v) is 3.04. The molecule has 1 heterocycles. The maximum Gasteiger partial charge on any atom is 0.134 e. The highest BCUT2D eigenvalue weighted by Crippen LogP contribution is 2.26. The molecule has 0 saturated carbocycles. The summed E-state index contributed by atoms with van der Waals surface area (Å²) < 4.78 is 14.0. The average molecular weight is 257 g/mol. The molecule has 98 valence electrons. The average Bonchev–Trinajstić information content (AvgIpc) is 2.32. The Labute approximate surface area is 112 Å². The van der Waals surface area contributed by atoms with E-state index >= 15 is 0 Å². The van der Waals surface area contributed by atoms with Gasteiger partial charge in [-0.25, -0.2) is 4.39 Å². The lowest BCUT2D eigenvalue weighted by Crippen LogP contribution is -2.01. The summed E-state index contributed by atoms with van der Waals surface area (Å²) in [6, 6.07) is 7.04. The number of aromatic nitrogens is 1. The van der Waals surface area contributed by atoms with Gasteiger partial charge in [0.2, 0.25) is 0 Å². The van der Waals surface area contributed by atoms with Crippen molar-refractivity contribution in [2.75, 3.05) is 0 Å². The van der Waals surface area contributed by atoms with Crippen molar-refractivity contribution in [3.63, 3.8) is 0 Å². The van der Waals surface area contributed by atoms with E-state index in [-0.39, 0.29) is 18.0 Å². The van der Waals surface area contributed by atoms with Crippen LogP contribution in [-0.4, -0.2) is 10.8 Å². The smallest absolute Gasteiger partial charge is 0.134 e. The number of hydrogen-bond donors (Lipinski definition) is 0. The highest BCUT2D eigenvalue weighted by molar-refractivity contribution is 5.79. The molecule has 0 aliphatic rings. The van der Waals surface area contributed by atoms with Gasteiger partial charge in [0.1, 0.15) is 11.6 Å². The molecule has 19 heavy (non-hydrogen) atoms. The molecule has 0 amide bonds. The summed E-state index contributed by atoms with van der Waals surface area (Å²) in [6.07, 6.45) is 1.85. The largest absolute Gasteiger partial charge is 0.300 e. The lowest BCUT2D eigenvalue weighted by atomic mass is 9.96. The Bertz CT molecular complexity index is 635. The van der Waals surface area contributed by atoms with Crippen molar-refractivity contribution in [2.45, 2.75) is 27.2 Å². The first-order chi connectivity index (χ1) is 8.97. The normalized spacial score (nSPS) is 10.5. The summed E-state index contributed by atoms with van der Waals surface area (Å²) >= 11 is 0. The second-order valence-corrected chi connectivity index (χ2v) is 4.82. The predicted octanol–water partition coefficient (Wildman–Crippen LogP) is 3.64. The maximum absolute atomic E-state index is 14.0. The SMILES string of the molecule is CC(=O)Cc1cc(C)c(-c2ccnc(C)c2)cc1F. The number of benzene rings is 1. The van der Waals surface area contributed by atoms with Crippen molar-refractivity contribution in [1.82, 2.24) is 4.98 Å². The summed E-state index contributed by atoms with van der Waals surface area (Å²) in [4.78, 5) is 15.2. The van der Waals surface area contributed by atoms with Crippen LogP contribution in [-0.2, 0) is 11.2 Å². The van der Waals surface area contributed by atoms with Crippen LogP contribution in [0.2, 0.25) is 0 Å². The Balaban J connectivity index is 2.49. The number of rotatable bonds is 3. The van der Waals surface area contributed by atoms with Crippen LogP contribution in [0.3, 0.4) is 0 Å². The van der Waals surface area contributed by atoms with Crippen molar-refractivity contribution in [1.29, 1.82) is 0 Å². The Hall–Kier alpha value is -2.03. The number of carbonyl (C=O) groups excluding carboxylic acids is 1. The fourth-order valence-electron chi connectivity index (χ4n) is 2.17. The fraction of sp³-hybridized carbons (Fsp3) is 0.250. The van der Waals surface area contributed by atoms with E-state index < -0.39 is 0 Å². The summed E-state index contributed by atoms with van der Waals surface area (Å²) in [5.74, 6) is -0.365. The second kappa shape index (κ2) is 5.31. The lowest BCUT2D eigenvalue weighted by molar-refractivity contribution is -0.116. The lowest BCUT2D eigenvalue weighted by Gasteiger charge is -2.10. The molecule has 2 rings (SSSR count). The van der Waals surface area contributed by atoms with E-state index in [0.29, 0.717) is 5.56 Å². The van der Waals surface area contributed by atoms with Gasteiger partial charge in [0, 0.05) is 18.3 Å². The van der Waals surface area contributed by atoms with E-state index in [9.17, 15) is 9.18 Å². The van der Waals surface area contributed by atoms with Crippen molar-refractivity contribution >= 4 is 5.78 Å². The van der Waals surface area contributed by atoms with E-state index in [1.165, 1.54) is 13.0 Å². The third kappa shape index (κ3) is 3.05. The quantitative estimate of drug-likeness (QED) is 0.840. The van der Waals surface area contributed by atoms with Gasteiger partial charge in [-0.15, -0.1) is 0 Å². The van der Waals surface area contributed by atoms with Crippen molar-refractivity contribution in [2.24, 2.45) is 0 Å². The molecule has 0 unspecified atom stereocenters. The number of hydrogen-bond acceptors (Lipinski definition) is 2. The van der Waals surface area contributed by atoms with Crippen LogP contribution in [0.5, 0.6) is 0 Å². The standard InChI is InChI=1S/C16H16FNO/c1-10-6-14(8-12(3)19)16(17)9-15(10)13-4-5-18-11(2)7-13/h4-7,9H,8H2,1-3H3. The molecule has 0 bridgehead atoms. The number of nitrogens with zero attached hydrogens (tertiary/aromatic N) is 1. The molecule has 3 heteroatoms. The van der Waals surface area contributed by atoms with Crippen LogP contribution in [0, 0.1) is 19.7 Å². The summed E-state index contributed by atoms with van der Waals surface area (Å²) in [5, 5.41) is 0. The molecule has 2 aromatic rings. The monoisotopic (exact) mass is 257 g/mol. The van der Waals surface area contributed by atoms with Crippen LogP contribution in [0.4, 0.5) is 4.39 Å². The number of carbonyl (C=O) groups is 1. The molecule has 0 aliphatic carbocycles. The van der Waals surface area contributed by atoms with Gasteiger partial charge in [0.15, 0.2) is 0 Å². The Morgan fingerprint density at radius 2 is 2.00 bits per heavy atom. The topological polar surface area (TPSA) is 30.0 Å². The van der Waals surface area contributed by atoms with Crippen LogP contribution in [0.25, 0.3) is 11.1 Å². The van der Waals surface area contributed by atoms with Crippen LogP contribution in [0.15, 0.2) is 30.5 Å². The highest BCUT2D eigenvalue weighted by Gasteiger charge is 2.10. The van der Waals surface area contributed by atoms with E-state index in [1.54, 1.807) is 12.3 Å². The molecule has 0 atom stereocenters. The zero-order valence-corrected chi connectivity index (χ0v) is 11.3. The molecular formula is C16H16FNO. The molecule has 2 nitrogen and oxygen atoms in total. The number of Topliss-reactive ketones (excluding diaryl/α,β-unsaturated/α-hetero) is 1. The molecule has 0 N–H and O–H groups in total. The first kappa shape index (κ1) is 13.4. The molecule has 1 aromatic heterocycles. The molecule has 0 radical (unpaired) electrons. The Morgan fingerprint density at radius 1 is 1.26 bits per heavy atom. The van der Waals surface area contributed by atoms with E-state index in [4.69, 9.17) is 0 Å². The summed E-state index contributed by atoms with van der Waals surface area (Å²) in [7, 11) is 0. The zero-order valence-electron chi connectivity index (χ0n) is 11.3. The minimum absolute atomic E-state index is 0.0363. The summed E-state index contributed by atoms with van der Waals surface area (Å²) in [6.45, 7) is 5.29. The van der Waals surface area contributed by atoms with Gasteiger partial charge in [-0.1, -0.05) is 6.07 Å². The Morgan fingerprint density at radius 3 is 2.63 bits per heavy atom. The fourth-order valence-corrected chi connectivity index (χ4v) is 2.17. The molecule has 1 aromatic carbocycles. The molecular weight excluding hydrogens is 241 g/mol. The third-order valence-electron chi connectivity index (χ3n) is 3.04. The Kier molecular flexibility index (Phi) is 3.74. The zero-order chi connectivity index (χ0) is 14.0. The van der Waals surface area contributed by atoms with E-state index in [0.717, 1.165) is 22.4 Å². The van der Waals surface area contributed by atoms with Gasteiger partial charge < -0.3 is 0 Å². The number of aryl methyl sites for hydroxylation is 2. The summed E-state index contributed by atoms with van der Waals surface area (Å²) in [5.41, 5.74) is 4.10. The van der Waals surface area contributed by atoms with Gasteiger partial charge in [-0.2, -0.15) is 0 Å². The van der Waals surface area contributed by atoms with Crippen LogP contribution < -0.4 is 0 Å². The van der Waals surface area contributed by atoms with E-state index in [1.807, 2.05) is 26.0 Å². The minimum atomic E-state index is -0.328. The predicted molar refractivity (Wildman–Crippen MR) is 73.5 cm³/mol. The molecule has 0 saturated heterocycles. The minimum Gasteiger partial charge on any atom is -0.300 e. The van der Waals surface area contributed by atoms with Crippen molar-refractivity contribution < 1.29 is 9.18 Å². The second-order valence-electron chi connectivity index (χ2n) is 4.82. The number of pyridine rings is 1. The van der Waals surface area contributed by atoms with Gasteiger partial charge in [-0.05, 0) is 61.2 Å². The van der Waals surface area contributed by atoms with Crippen molar-refractivity contribution in [3.05, 3.63) is 53.1 Å². The molecule has 0 aliphatic heterocycles. The van der Waals surface area contributed by atoms with Gasteiger partial charge in [0.05, 0.1) is 0 Å². The van der Waals surface area contributed by atoms with Crippen LogP contribution in [0.1, 0.15) is 23.7 Å².